The fraction of sp³-hybridized carbons (Fsp3) is 0.290. The first-order chi connectivity index (χ1) is 70.6. The Hall–Kier alpha value is -10.4. The number of unbranched alkanes of at least 4 members (excludes halogenated alkanes) is 4. The van der Waals surface area contributed by atoms with Crippen molar-refractivity contribution in [3.05, 3.63) is 255 Å². The second-order valence-electron chi connectivity index (χ2n) is 37.5. The molecule has 20 rings (SSSR count). The molecular weight excluding hydrogens is 2000 g/mol. The number of ether oxygens (including phenoxy) is 8. The van der Waals surface area contributed by atoms with E-state index in [1.54, 1.807) is 28.4 Å². The van der Waals surface area contributed by atoms with E-state index in [1.807, 2.05) is 160 Å². The third-order valence-electron chi connectivity index (χ3n) is 27.9. The molecule has 0 fully saturated rings. The molecule has 4 unspecified atom stereocenters. The first-order valence-electron chi connectivity index (χ1n) is 51.0. The van der Waals surface area contributed by atoms with Crippen LogP contribution in [-0.2, 0) is 0 Å². The van der Waals surface area contributed by atoms with Gasteiger partial charge in [0.2, 0.25) is 0 Å². The van der Waals surface area contributed by atoms with Gasteiger partial charge in [-0.15, -0.1) is 136 Å². The quantitative estimate of drug-likeness (QED) is 0.0349. The first kappa shape index (κ1) is 101. The van der Waals surface area contributed by atoms with Crippen molar-refractivity contribution < 1.29 is 37.9 Å². The van der Waals surface area contributed by atoms with E-state index in [9.17, 15) is 0 Å². The second-order valence-corrected chi connectivity index (χ2v) is 50.5. The highest BCUT2D eigenvalue weighted by Gasteiger charge is 2.28. The molecule has 0 radical (unpaired) electrons. The smallest absolute Gasteiger partial charge is 0.123 e. The zero-order chi connectivity index (χ0) is 98.9. The van der Waals surface area contributed by atoms with Crippen molar-refractivity contribution in [2.75, 3.05) is 54.9 Å². The number of hydrogen-bond donors (Lipinski definition) is 0. The van der Waals surface area contributed by atoms with Gasteiger partial charge in [0, 0.05) is 164 Å². The van der Waals surface area contributed by atoms with E-state index in [1.165, 1.54) is 249 Å². The summed E-state index contributed by atoms with van der Waals surface area (Å²) in [5, 5.41) is 7.52. The Morgan fingerprint density at radius 3 is 0.514 bits per heavy atom. The van der Waals surface area contributed by atoms with Gasteiger partial charge < -0.3 is 37.9 Å². The van der Waals surface area contributed by atoms with Crippen LogP contribution in [0, 0.1) is 23.7 Å². The number of methoxy groups -OCH3 is 4. The Morgan fingerprint density at radius 2 is 0.340 bits per heavy atom. The number of hydrogen-bond acceptors (Lipinski definition) is 20. The molecule has 8 nitrogen and oxygen atoms in total. The van der Waals surface area contributed by atoms with Crippen LogP contribution in [0.15, 0.2) is 255 Å². The number of rotatable bonds is 48. The van der Waals surface area contributed by atoms with Gasteiger partial charge >= 0.3 is 0 Å². The molecule has 20 aromatic rings. The largest absolute Gasteiger partial charge is 0.497 e. The number of thiophene rings is 12. The van der Waals surface area contributed by atoms with E-state index in [2.05, 4.69) is 286 Å². The summed E-state index contributed by atoms with van der Waals surface area (Å²) < 4.78 is 49.8. The lowest BCUT2D eigenvalue weighted by molar-refractivity contribution is 0.232. The van der Waals surface area contributed by atoms with E-state index < -0.39 is 0 Å². The first-order valence-corrected chi connectivity index (χ1v) is 60.8. The summed E-state index contributed by atoms with van der Waals surface area (Å²) in [6.07, 6.45) is 18.7. The minimum absolute atomic E-state index is 0.523. The fourth-order valence-corrected chi connectivity index (χ4v) is 32.2. The summed E-state index contributed by atoms with van der Waals surface area (Å²) >= 11 is 22.4. The van der Waals surface area contributed by atoms with Crippen LogP contribution in [0.2, 0.25) is 0 Å². The van der Waals surface area contributed by atoms with Crippen LogP contribution in [0.4, 0.5) is 0 Å². The molecule has 0 amide bonds. The molecule has 738 valence electrons. The summed E-state index contributed by atoms with van der Waals surface area (Å²) in [7, 11) is 6.99. The van der Waals surface area contributed by atoms with Crippen molar-refractivity contribution in [3.8, 4) is 208 Å². The number of benzene rings is 8. The zero-order valence-electron chi connectivity index (χ0n) is 83.9. The van der Waals surface area contributed by atoms with Gasteiger partial charge in [-0.3, -0.25) is 0 Å². The van der Waals surface area contributed by atoms with Crippen molar-refractivity contribution in [1.29, 1.82) is 0 Å². The van der Waals surface area contributed by atoms with Crippen molar-refractivity contribution in [2.45, 2.75) is 158 Å². The third kappa shape index (κ3) is 22.5. The SMILES string of the molecule is CCCCC(CC)COc1cc(OC)cc(-c2ccc(-c3ccc(-c4ccc(-c5cc(-c6ccc(-c7ccc(-c8ccc(-c9cc(OC)cc(OCC(CC)CCCC)c9)s8)s7)s6)c6ccc7c(-c8ccc(-c9ccc(-c%10ccc(-c%11cc(OC)cc(OCC(CC)CCCC)c%11)s%10)s9)s8)cc(-c8ccc(-c9ccc(-c%10ccc(-c%11cc(OC)cc(OCC(CC)CCCC)c%11)s%10)s9)s8)c8ccc5c6c87)s4)s3)s2)c1. The van der Waals surface area contributed by atoms with Crippen LogP contribution in [0.1, 0.15) is 158 Å². The Labute approximate surface area is 896 Å². The monoisotopic (exact) mass is 2120 g/mol. The molecule has 0 bridgehead atoms. The lowest BCUT2D eigenvalue weighted by atomic mass is 9.85. The normalized spacial score (nSPS) is 12.6. The van der Waals surface area contributed by atoms with Crippen LogP contribution in [-0.4, -0.2) is 54.9 Å². The Morgan fingerprint density at radius 1 is 0.181 bits per heavy atom. The summed E-state index contributed by atoms with van der Waals surface area (Å²) in [5.74, 6) is 8.71. The lowest BCUT2D eigenvalue weighted by Gasteiger charge is -2.20. The average Bonchev–Trinajstić information content (AvgIpc) is 1.16. The van der Waals surface area contributed by atoms with Gasteiger partial charge in [-0.1, -0.05) is 157 Å². The van der Waals surface area contributed by atoms with Crippen LogP contribution < -0.4 is 37.9 Å². The van der Waals surface area contributed by atoms with Crippen LogP contribution in [0.3, 0.4) is 0 Å². The van der Waals surface area contributed by atoms with E-state index in [0.29, 0.717) is 50.1 Å². The van der Waals surface area contributed by atoms with Crippen LogP contribution >= 0.6 is 136 Å². The highest BCUT2D eigenvalue weighted by atomic mass is 32.1. The molecule has 4 atom stereocenters. The molecule has 0 aliphatic carbocycles. The predicted octanol–water partition coefficient (Wildman–Crippen LogP) is 42.4. The highest BCUT2D eigenvalue weighted by Crippen LogP contribution is 2.57. The molecule has 20 heteroatoms. The van der Waals surface area contributed by atoms with Crippen molar-refractivity contribution >= 4 is 168 Å². The maximum atomic E-state index is 6.55. The molecule has 0 saturated carbocycles. The Kier molecular flexibility index (Phi) is 32.8. The molecule has 0 saturated heterocycles. The molecule has 144 heavy (non-hydrogen) atoms. The standard InChI is InChI=1S/C124H122O8S12/c1-13-21-25-75(17-5)71-129-87-61-79(57-83(65-87)125-9)99-33-41-107(133-99)115-49-53-119(141-115)111-45-37-103(137-111)95-69-96(104-38-46-112(138-104)120-54-50-116(142-120)108-42-34-100(134-108)80-58-84(126-10)66-88(62-80)130-72-76(18-6)26-22-14-2)92-31-32-94-98(106-40-48-114(140-106)122-56-52-118(144-122)110-44-36-102(136-110)82-60-86(128-12)68-90(64-82)132-74-78(20-8)28-24-16-4)70-97(93-30-29-91(95)123(92)124(93)94)105-39-47-113(139-105)121-55-51-117(143-121)109-43-35-101(135-109)81-59-85(127-11)67-89(63-81)131-73-77(19-7)27-23-15-3/h29-70,75-78H,13-28,71-74H2,1-12H3. The van der Waals surface area contributed by atoms with Gasteiger partial charge in [-0.25, -0.2) is 0 Å². The Balaban J connectivity index is 0.679. The topological polar surface area (TPSA) is 73.8 Å². The van der Waals surface area contributed by atoms with Crippen molar-refractivity contribution in [1.82, 2.24) is 0 Å². The summed E-state index contributed by atoms with van der Waals surface area (Å²) in [4.78, 5) is 29.5. The highest BCUT2D eigenvalue weighted by molar-refractivity contribution is 7.30. The van der Waals surface area contributed by atoms with Gasteiger partial charge in [0.25, 0.3) is 0 Å². The maximum Gasteiger partial charge on any atom is 0.123 e. The van der Waals surface area contributed by atoms with Gasteiger partial charge in [0.15, 0.2) is 0 Å². The van der Waals surface area contributed by atoms with Gasteiger partial charge in [-0.2, -0.15) is 0 Å². The minimum atomic E-state index is 0.523. The maximum absolute atomic E-state index is 6.55. The van der Waals surface area contributed by atoms with Gasteiger partial charge in [0.1, 0.15) is 46.0 Å². The molecule has 0 N–H and O–H groups in total. The Bertz CT molecular complexity index is 6850. The summed E-state index contributed by atoms with van der Waals surface area (Å²) in [6.45, 7) is 21.0. The molecule has 0 spiro atoms. The molecule has 0 aliphatic rings. The van der Waals surface area contributed by atoms with Crippen LogP contribution in [0.25, 0.3) is 194 Å². The summed E-state index contributed by atoms with van der Waals surface area (Å²) in [5.41, 5.74) is 9.32. The molecular formula is C124H122O8S12. The molecule has 0 aliphatic heterocycles. The fourth-order valence-electron chi connectivity index (χ4n) is 19.3. The second kappa shape index (κ2) is 46.8. The van der Waals surface area contributed by atoms with E-state index >= 15 is 0 Å². The van der Waals surface area contributed by atoms with Gasteiger partial charge in [0.05, 0.1) is 54.9 Å². The molecule has 8 aromatic carbocycles. The minimum Gasteiger partial charge on any atom is -0.497 e. The molecule has 12 heterocycles. The molecule has 12 aromatic heterocycles. The average molecular weight is 2130 g/mol. The van der Waals surface area contributed by atoms with Crippen molar-refractivity contribution in [3.63, 3.8) is 0 Å². The third-order valence-corrected chi connectivity index (χ3v) is 42.8. The van der Waals surface area contributed by atoms with E-state index in [-0.39, 0.29) is 0 Å². The lowest BCUT2D eigenvalue weighted by Crippen LogP contribution is -2.11. The van der Waals surface area contributed by atoms with Crippen molar-refractivity contribution in [2.24, 2.45) is 23.7 Å². The predicted molar refractivity (Wildman–Crippen MR) is 633 cm³/mol. The van der Waals surface area contributed by atoms with E-state index in [0.717, 1.165) is 93.9 Å². The summed E-state index contributed by atoms with van der Waals surface area (Å²) in [6, 6.07) is 96.1. The van der Waals surface area contributed by atoms with E-state index in [4.69, 9.17) is 37.9 Å². The van der Waals surface area contributed by atoms with Crippen LogP contribution in [0.5, 0.6) is 46.0 Å². The zero-order valence-corrected chi connectivity index (χ0v) is 93.7. The van der Waals surface area contributed by atoms with Gasteiger partial charge in [-0.05, 0) is 310 Å².